The Morgan fingerprint density at radius 2 is 1.36 bits per heavy atom. The van der Waals surface area contributed by atoms with Gasteiger partial charge in [-0.3, -0.25) is 14.5 Å². The number of imide groups is 1. The molecule has 2 amide bonds. The van der Waals surface area contributed by atoms with E-state index in [-0.39, 0.29) is 29.7 Å². The van der Waals surface area contributed by atoms with Gasteiger partial charge < -0.3 is 0 Å². The van der Waals surface area contributed by atoms with Gasteiger partial charge in [0.05, 0.1) is 0 Å². The summed E-state index contributed by atoms with van der Waals surface area (Å²) in [6, 6.07) is 0.0243. The summed E-state index contributed by atoms with van der Waals surface area (Å²) < 4.78 is 0. The third-order valence-electron chi connectivity index (χ3n) is 2.84. The number of carbonyl (C=O) groups excluding carboxylic acids is 2. The van der Waals surface area contributed by atoms with Crippen LogP contribution in [0.3, 0.4) is 0 Å². The molecular weight excluding hydrogens is 178 g/mol. The molecule has 0 radical (unpaired) electrons. The van der Waals surface area contributed by atoms with Gasteiger partial charge in [0.2, 0.25) is 11.8 Å². The molecule has 0 aliphatic heterocycles. The molecule has 0 N–H and O–H groups in total. The van der Waals surface area contributed by atoms with Gasteiger partial charge in [-0.05, 0) is 39.5 Å². The number of hydrogen-bond donors (Lipinski definition) is 0. The fraction of sp³-hybridized carbons (Fsp3) is 0.818. The quantitative estimate of drug-likeness (QED) is 0.641. The number of amides is 2. The molecule has 0 heterocycles. The molecular formula is C11H17NO2. The molecule has 0 aromatic carbocycles. The molecule has 3 heteroatoms. The molecule has 0 saturated heterocycles. The van der Waals surface area contributed by atoms with Crippen molar-refractivity contribution in [3.63, 3.8) is 0 Å². The minimum absolute atomic E-state index is 0.0243. The van der Waals surface area contributed by atoms with E-state index in [9.17, 15) is 9.59 Å². The van der Waals surface area contributed by atoms with Gasteiger partial charge in [0.15, 0.2) is 0 Å². The molecule has 78 valence electrons. The SMILES string of the molecule is CC(C)N(C(=O)C1CC1)C(=O)C1CC1. The molecule has 0 spiro atoms. The molecule has 2 aliphatic carbocycles. The van der Waals surface area contributed by atoms with E-state index in [0.717, 1.165) is 25.7 Å². The summed E-state index contributed by atoms with van der Waals surface area (Å²) in [5, 5.41) is 0. The highest BCUT2D eigenvalue weighted by Crippen LogP contribution is 2.36. The van der Waals surface area contributed by atoms with Crippen molar-refractivity contribution in [1.29, 1.82) is 0 Å². The average Bonchev–Trinajstić information content (AvgIpc) is 2.98. The lowest BCUT2D eigenvalue weighted by Crippen LogP contribution is -2.43. The third kappa shape index (κ3) is 1.81. The van der Waals surface area contributed by atoms with Crippen molar-refractivity contribution in [2.75, 3.05) is 0 Å². The lowest BCUT2D eigenvalue weighted by atomic mass is 10.2. The zero-order valence-electron chi connectivity index (χ0n) is 8.82. The molecule has 0 atom stereocenters. The van der Waals surface area contributed by atoms with Gasteiger partial charge in [-0.15, -0.1) is 0 Å². The van der Waals surface area contributed by atoms with E-state index in [2.05, 4.69) is 0 Å². The molecule has 0 aromatic rings. The highest BCUT2D eigenvalue weighted by Gasteiger charge is 2.42. The van der Waals surface area contributed by atoms with E-state index in [1.54, 1.807) is 0 Å². The number of nitrogens with zero attached hydrogens (tertiary/aromatic N) is 1. The summed E-state index contributed by atoms with van der Waals surface area (Å²) in [4.78, 5) is 25.1. The van der Waals surface area contributed by atoms with Crippen LogP contribution in [-0.2, 0) is 9.59 Å². The average molecular weight is 195 g/mol. The summed E-state index contributed by atoms with van der Waals surface area (Å²) in [6.45, 7) is 3.83. The van der Waals surface area contributed by atoms with Crippen LogP contribution in [0.15, 0.2) is 0 Å². The van der Waals surface area contributed by atoms with Crippen LogP contribution in [0.2, 0.25) is 0 Å². The molecule has 14 heavy (non-hydrogen) atoms. The summed E-state index contributed by atoms with van der Waals surface area (Å²) in [6.07, 6.45) is 3.89. The summed E-state index contributed by atoms with van der Waals surface area (Å²) in [5.41, 5.74) is 0. The zero-order chi connectivity index (χ0) is 10.3. The first-order valence-electron chi connectivity index (χ1n) is 5.48. The van der Waals surface area contributed by atoms with E-state index in [1.165, 1.54) is 4.90 Å². The van der Waals surface area contributed by atoms with E-state index in [0.29, 0.717) is 0 Å². The lowest BCUT2D eigenvalue weighted by molar-refractivity contribution is -0.148. The van der Waals surface area contributed by atoms with Crippen molar-refractivity contribution in [2.45, 2.75) is 45.6 Å². The van der Waals surface area contributed by atoms with Crippen molar-refractivity contribution >= 4 is 11.8 Å². The Morgan fingerprint density at radius 3 is 1.57 bits per heavy atom. The Morgan fingerprint density at radius 1 is 1.00 bits per heavy atom. The maximum atomic E-state index is 11.8. The summed E-state index contributed by atoms with van der Waals surface area (Å²) >= 11 is 0. The van der Waals surface area contributed by atoms with Crippen molar-refractivity contribution in [1.82, 2.24) is 4.90 Å². The maximum Gasteiger partial charge on any atom is 0.232 e. The van der Waals surface area contributed by atoms with Gasteiger partial charge in [-0.1, -0.05) is 0 Å². The second kappa shape index (κ2) is 3.37. The number of hydrogen-bond acceptors (Lipinski definition) is 2. The van der Waals surface area contributed by atoms with Crippen LogP contribution in [0.1, 0.15) is 39.5 Å². The normalized spacial score (nSPS) is 21.1. The highest BCUT2D eigenvalue weighted by atomic mass is 16.2. The van der Waals surface area contributed by atoms with Crippen LogP contribution in [0.5, 0.6) is 0 Å². The minimum Gasteiger partial charge on any atom is -0.280 e. The topological polar surface area (TPSA) is 37.4 Å². The van der Waals surface area contributed by atoms with Crippen LogP contribution in [-0.4, -0.2) is 22.8 Å². The van der Waals surface area contributed by atoms with E-state index in [4.69, 9.17) is 0 Å². The molecule has 2 saturated carbocycles. The zero-order valence-corrected chi connectivity index (χ0v) is 8.82. The molecule has 0 aromatic heterocycles. The van der Waals surface area contributed by atoms with Gasteiger partial charge in [-0.2, -0.15) is 0 Å². The number of carbonyl (C=O) groups is 2. The molecule has 2 rings (SSSR count). The fourth-order valence-corrected chi connectivity index (χ4v) is 1.67. The van der Waals surface area contributed by atoms with Crippen molar-refractivity contribution < 1.29 is 9.59 Å². The fourth-order valence-electron chi connectivity index (χ4n) is 1.67. The van der Waals surface area contributed by atoms with E-state index in [1.807, 2.05) is 13.8 Å². The minimum atomic E-state index is 0.0243. The molecule has 0 unspecified atom stereocenters. The van der Waals surface area contributed by atoms with Gasteiger partial charge in [0, 0.05) is 17.9 Å². The first-order valence-corrected chi connectivity index (χ1v) is 5.48. The van der Waals surface area contributed by atoms with Gasteiger partial charge in [-0.25, -0.2) is 0 Å². The van der Waals surface area contributed by atoms with Gasteiger partial charge in [0.25, 0.3) is 0 Å². The van der Waals surface area contributed by atoms with Gasteiger partial charge in [0.1, 0.15) is 0 Å². The van der Waals surface area contributed by atoms with Crippen molar-refractivity contribution in [3.05, 3.63) is 0 Å². The first kappa shape index (κ1) is 9.69. The molecule has 3 nitrogen and oxygen atoms in total. The molecule has 2 fully saturated rings. The standard InChI is InChI=1S/C11H17NO2/c1-7(2)12(10(13)8-3-4-8)11(14)9-5-6-9/h7-9H,3-6H2,1-2H3. The largest absolute Gasteiger partial charge is 0.280 e. The van der Waals surface area contributed by atoms with Crippen LogP contribution < -0.4 is 0 Å². The van der Waals surface area contributed by atoms with Crippen molar-refractivity contribution in [3.8, 4) is 0 Å². The maximum absolute atomic E-state index is 11.8. The predicted molar refractivity (Wildman–Crippen MR) is 52.4 cm³/mol. The number of rotatable bonds is 3. The molecule has 0 bridgehead atoms. The van der Waals surface area contributed by atoms with Crippen LogP contribution in [0.25, 0.3) is 0 Å². The Kier molecular flexibility index (Phi) is 2.33. The summed E-state index contributed by atoms with van der Waals surface area (Å²) in [5.74, 6) is 0.439. The predicted octanol–water partition coefficient (Wildman–Crippen LogP) is 1.57. The Hall–Kier alpha value is -0.860. The van der Waals surface area contributed by atoms with E-state index >= 15 is 0 Å². The Labute approximate surface area is 84.5 Å². The Bertz CT molecular complexity index is 240. The van der Waals surface area contributed by atoms with E-state index < -0.39 is 0 Å². The Balaban J connectivity index is 2.05. The summed E-state index contributed by atoms with van der Waals surface area (Å²) in [7, 11) is 0. The third-order valence-corrected chi connectivity index (χ3v) is 2.84. The smallest absolute Gasteiger partial charge is 0.232 e. The van der Waals surface area contributed by atoms with Crippen molar-refractivity contribution in [2.24, 2.45) is 11.8 Å². The van der Waals surface area contributed by atoms with Crippen LogP contribution >= 0.6 is 0 Å². The van der Waals surface area contributed by atoms with Crippen LogP contribution in [0, 0.1) is 11.8 Å². The second-order valence-corrected chi connectivity index (χ2v) is 4.69. The van der Waals surface area contributed by atoms with Gasteiger partial charge >= 0.3 is 0 Å². The molecule has 2 aliphatic rings. The monoisotopic (exact) mass is 195 g/mol. The van der Waals surface area contributed by atoms with Crippen LogP contribution in [0.4, 0.5) is 0 Å². The highest BCUT2D eigenvalue weighted by molar-refractivity contribution is 5.99. The first-order chi connectivity index (χ1) is 6.61. The second-order valence-electron chi connectivity index (χ2n) is 4.69. The lowest BCUT2D eigenvalue weighted by Gasteiger charge is -2.24.